The van der Waals surface area contributed by atoms with Gasteiger partial charge < -0.3 is 9.80 Å². The molecule has 23 heavy (non-hydrogen) atoms. The number of hydrogen-bond donors (Lipinski definition) is 0. The summed E-state index contributed by atoms with van der Waals surface area (Å²) < 4.78 is 0. The van der Waals surface area contributed by atoms with Crippen molar-refractivity contribution in [2.24, 2.45) is 5.41 Å². The smallest absolute Gasteiger partial charge is 0.107 e. The lowest BCUT2D eigenvalue weighted by atomic mass is 9.79. The number of aromatic nitrogens is 1. The molecule has 0 saturated carbocycles. The second-order valence-electron chi connectivity index (χ2n) is 7.81. The minimum Gasteiger partial charge on any atom is -0.302 e. The van der Waals surface area contributed by atoms with Gasteiger partial charge in [-0.15, -0.1) is 11.3 Å². The monoisotopic (exact) mass is 334 g/mol. The number of hydrogen-bond acceptors (Lipinski definition) is 5. The third-order valence-corrected chi connectivity index (χ3v) is 6.80. The Kier molecular flexibility index (Phi) is 4.99. The summed E-state index contributed by atoms with van der Waals surface area (Å²) in [6.45, 7) is 11.5. The van der Waals surface area contributed by atoms with Crippen molar-refractivity contribution in [3.05, 3.63) is 16.6 Å². The van der Waals surface area contributed by atoms with Crippen LogP contribution in [0.1, 0.15) is 37.1 Å². The highest BCUT2D eigenvalue weighted by atomic mass is 32.1. The maximum absolute atomic E-state index is 4.47. The number of thiazole rings is 1. The van der Waals surface area contributed by atoms with Gasteiger partial charge in [-0.1, -0.05) is 0 Å². The van der Waals surface area contributed by atoms with Gasteiger partial charge in [0.25, 0.3) is 0 Å². The molecule has 1 spiro atoms. The fraction of sp³-hybridized carbons (Fsp3) is 0.833. The molecule has 3 saturated heterocycles. The van der Waals surface area contributed by atoms with Gasteiger partial charge in [-0.05, 0) is 63.7 Å². The van der Waals surface area contributed by atoms with Gasteiger partial charge in [0, 0.05) is 37.8 Å². The first-order valence-corrected chi connectivity index (χ1v) is 10.2. The third-order valence-electron chi connectivity index (χ3n) is 6.03. The van der Waals surface area contributed by atoms with Crippen molar-refractivity contribution >= 4 is 11.3 Å². The van der Waals surface area contributed by atoms with E-state index in [4.69, 9.17) is 0 Å². The van der Waals surface area contributed by atoms with Crippen LogP contribution in [0.25, 0.3) is 0 Å². The van der Waals surface area contributed by atoms with E-state index in [-0.39, 0.29) is 0 Å². The summed E-state index contributed by atoms with van der Waals surface area (Å²) in [5.74, 6) is 0. The van der Waals surface area contributed by atoms with E-state index in [0.717, 1.165) is 6.54 Å². The van der Waals surface area contributed by atoms with Gasteiger partial charge in [0.2, 0.25) is 0 Å². The van der Waals surface area contributed by atoms with E-state index in [1.54, 1.807) is 11.3 Å². The highest BCUT2D eigenvalue weighted by Crippen LogP contribution is 2.39. The Morgan fingerprint density at radius 3 is 2.52 bits per heavy atom. The van der Waals surface area contributed by atoms with Crippen molar-refractivity contribution in [2.75, 3.05) is 52.4 Å². The Bertz CT molecular complexity index is 485. The van der Waals surface area contributed by atoms with E-state index in [0.29, 0.717) is 5.41 Å². The largest absolute Gasteiger partial charge is 0.302 e. The van der Waals surface area contributed by atoms with Crippen LogP contribution in [0.2, 0.25) is 0 Å². The highest BCUT2D eigenvalue weighted by molar-refractivity contribution is 7.09. The summed E-state index contributed by atoms with van der Waals surface area (Å²) in [6, 6.07) is 0. The summed E-state index contributed by atoms with van der Waals surface area (Å²) in [4.78, 5) is 12.5. The Morgan fingerprint density at radius 2 is 1.70 bits per heavy atom. The molecule has 0 unspecified atom stereocenters. The summed E-state index contributed by atoms with van der Waals surface area (Å²) in [5, 5.41) is 3.39. The molecule has 0 aliphatic carbocycles. The van der Waals surface area contributed by atoms with Crippen LogP contribution in [0.5, 0.6) is 0 Å². The Morgan fingerprint density at radius 1 is 0.913 bits per heavy atom. The van der Waals surface area contributed by atoms with Gasteiger partial charge in [-0.3, -0.25) is 4.90 Å². The quantitative estimate of drug-likeness (QED) is 0.825. The van der Waals surface area contributed by atoms with Gasteiger partial charge >= 0.3 is 0 Å². The first kappa shape index (κ1) is 16.0. The molecule has 5 heteroatoms. The molecule has 3 aliphatic rings. The average molecular weight is 335 g/mol. The maximum Gasteiger partial charge on any atom is 0.107 e. The molecule has 0 aromatic carbocycles. The molecule has 4 nitrogen and oxygen atoms in total. The first-order valence-electron chi connectivity index (χ1n) is 9.37. The normalized spacial score (nSPS) is 30.6. The molecule has 0 bridgehead atoms. The topological polar surface area (TPSA) is 22.6 Å². The maximum atomic E-state index is 4.47. The molecular formula is C18H30N4S. The van der Waals surface area contributed by atoms with Crippen LogP contribution < -0.4 is 0 Å². The zero-order chi connectivity index (χ0) is 15.5. The SMILES string of the molecule is c1csc(CN2CCC[C@]3(CCN(CCN4CCCC4)C3)C2)n1. The van der Waals surface area contributed by atoms with Crippen LogP contribution in [-0.4, -0.2) is 72.0 Å². The van der Waals surface area contributed by atoms with Crippen molar-refractivity contribution in [1.82, 2.24) is 19.7 Å². The van der Waals surface area contributed by atoms with Gasteiger partial charge in [0.15, 0.2) is 0 Å². The van der Waals surface area contributed by atoms with Crippen LogP contribution in [0.4, 0.5) is 0 Å². The van der Waals surface area contributed by atoms with Crippen molar-refractivity contribution < 1.29 is 0 Å². The molecule has 1 aromatic heterocycles. The van der Waals surface area contributed by atoms with E-state index >= 15 is 0 Å². The first-order chi connectivity index (χ1) is 11.3. The lowest BCUT2D eigenvalue weighted by molar-refractivity contribution is 0.0862. The lowest BCUT2D eigenvalue weighted by Gasteiger charge is -2.40. The van der Waals surface area contributed by atoms with E-state index in [9.17, 15) is 0 Å². The summed E-state index contributed by atoms with van der Waals surface area (Å²) in [5.41, 5.74) is 0.570. The average Bonchev–Trinajstić information content (AvgIpc) is 3.28. The van der Waals surface area contributed by atoms with Crippen molar-refractivity contribution in [3.8, 4) is 0 Å². The van der Waals surface area contributed by atoms with Gasteiger partial charge in [-0.25, -0.2) is 4.98 Å². The van der Waals surface area contributed by atoms with Crippen molar-refractivity contribution in [1.29, 1.82) is 0 Å². The molecule has 4 heterocycles. The molecule has 0 radical (unpaired) electrons. The lowest BCUT2D eigenvalue weighted by Crippen LogP contribution is -2.44. The van der Waals surface area contributed by atoms with E-state index in [1.165, 1.54) is 89.5 Å². The van der Waals surface area contributed by atoms with Crippen LogP contribution in [0, 0.1) is 5.41 Å². The number of rotatable bonds is 5. The highest BCUT2D eigenvalue weighted by Gasteiger charge is 2.41. The number of nitrogens with zero attached hydrogens (tertiary/aromatic N) is 4. The predicted octanol–water partition coefficient (Wildman–Crippen LogP) is 2.53. The second-order valence-corrected chi connectivity index (χ2v) is 8.79. The molecule has 0 N–H and O–H groups in total. The molecule has 1 atom stereocenters. The predicted molar refractivity (Wildman–Crippen MR) is 95.8 cm³/mol. The second kappa shape index (κ2) is 7.18. The Hall–Kier alpha value is -0.490. The van der Waals surface area contributed by atoms with Crippen LogP contribution in [0.3, 0.4) is 0 Å². The minimum absolute atomic E-state index is 0.570. The molecule has 128 valence electrons. The van der Waals surface area contributed by atoms with E-state index < -0.39 is 0 Å². The zero-order valence-electron chi connectivity index (χ0n) is 14.3. The molecule has 3 fully saturated rings. The van der Waals surface area contributed by atoms with E-state index in [2.05, 4.69) is 25.1 Å². The summed E-state index contributed by atoms with van der Waals surface area (Å²) in [6.07, 6.45) is 8.97. The fourth-order valence-electron chi connectivity index (χ4n) is 4.81. The Labute approximate surface area is 144 Å². The van der Waals surface area contributed by atoms with Crippen molar-refractivity contribution in [2.45, 2.75) is 38.6 Å². The van der Waals surface area contributed by atoms with Crippen LogP contribution in [-0.2, 0) is 6.54 Å². The van der Waals surface area contributed by atoms with Gasteiger partial charge in [0.05, 0.1) is 6.54 Å². The standard InChI is InChI=1S/C18H30N4S/c1-2-8-20(7-1)11-12-21-10-5-18(15-21)4-3-9-22(16-18)14-17-19-6-13-23-17/h6,13H,1-5,7-12,14-16H2/t18-/m1/s1. The minimum atomic E-state index is 0.570. The molecule has 0 amide bonds. The van der Waals surface area contributed by atoms with Crippen LogP contribution in [0.15, 0.2) is 11.6 Å². The fourth-order valence-corrected chi connectivity index (χ4v) is 5.47. The molecule has 3 aliphatic heterocycles. The molecular weight excluding hydrogens is 304 g/mol. The number of piperidine rings is 1. The summed E-state index contributed by atoms with van der Waals surface area (Å²) in [7, 11) is 0. The van der Waals surface area contributed by atoms with Gasteiger partial charge in [-0.2, -0.15) is 0 Å². The van der Waals surface area contributed by atoms with Crippen LogP contribution >= 0.6 is 11.3 Å². The Balaban J connectivity index is 1.28. The summed E-state index contributed by atoms with van der Waals surface area (Å²) >= 11 is 1.80. The zero-order valence-corrected chi connectivity index (χ0v) is 15.1. The molecule has 4 rings (SSSR count). The van der Waals surface area contributed by atoms with Gasteiger partial charge in [0.1, 0.15) is 5.01 Å². The van der Waals surface area contributed by atoms with E-state index in [1.807, 2.05) is 6.20 Å². The van der Waals surface area contributed by atoms with Crippen molar-refractivity contribution in [3.63, 3.8) is 0 Å². The third kappa shape index (κ3) is 3.95. The number of likely N-dealkylation sites (tertiary alicyclic amines) is 3. The molecule has 1 aromatic rings.